The van der Waals surface area contributed by atoms with E-state index in [0.717, 1.165) is 4.43 Å². The Balaban J connectivity index is -0.000000112. The first kappa shape index (κ1) is 31.6. The molecule has 0 N–H and O–H groups in total. The molecule has 0 atom stereocenters. The molecule has 2 aromatic carbocycles. The normalized spacial score (nSPS) is 7.18. The van der Waals surface area contributed by atoms with Gasteiger partial charge in [-0.2, -0.15) is 0 Å². The molecule has 0 aliphatic heterocycles. The summed E-state index contributed by atoms with van der Waals surface area (Å²) in [4.78, 5) is 0. The van der Waals surface area contributed by atoms with Crippen LogP contribution in [0.15, 0.2) is 60.7 Å². The van der Waals surface area contributed by atoms with Crippen LogP contribution in [0, 0.1) is 0 Å². The fourth-order valence-corrected chi connectivity index (χ4v) is 1.82. The molecule has 0 spiro atoms. The van der Waals surface area contributed by atoms with Crippen molar-refractivity contribution in [3.63, 3.8) is 0 Å². The molecule has 0 fully saturated rings. The Morgan fingerprint density at radius 1 is 0.727 bits per heavy atom. The maximum Gasteiger partial charge on any atom is 1.00 e. The second-order valence-corrected chi connectivity index (χ2v) is 4.27. The third-order valence-corrected chi connectivity index (χ3v) is 3.18. The van der Waals surface area contributed by atoms with Crippen molar-refractivity contribution < 1.29 is 75.4 Å². The first-order valence-corrected chi connectivity index (χ1v) is 9.12. The zero-order chi connectivity index (χ0) is 15.6. The molecule has 0 saturated heterocycles. The van der Waals surface area contributed by atoms with Crippen LogP contribution in [0.25, 0.3) is 0 Å². The summed E-state index contributed by atoms with van der Waals surface area (Å²) < 4.78 is 1.11. The van der Waals surface area contributed by atoms with Crippen molar-refractivity contribution in [1.82, 2.24) is 0 Å². The fraction of sp³-hybridized carbons (Fsp3) is 0.333. The Kier molecular flexibility index (Phi) is 39.7. The van der Waals surface area contributed by atoms with Crippen LogP contribution >= 0.6 is 34.2 Å². The van der Waals surface area contributed by atoms with Gasteiger partial charge in [-0.15, -0.1) is 11.6 Å². The SMILES string of the molecule is CC.CC.ClCc1ccccc1.ICc1ccccc1.[I-].[K+]. The largest absolute Gasteiger partial charge is 1.00 e. The summed E-state index contributed by atoms with van der Waals surface area (Å²) in [6.45, 7) is 8.00. The van der Waals surface area contributed by atoms with Crippen LogP contribution in [0.3, 0.4) is 0 Å². The molecular formula is C18H26ClI2K. The quantitative estimate of drug-likeness (QED) is 0.289. The molecule has 0 nitrogen and oxygen atoms in total. The Labute approximate surface area is 215 Å². The summed E-state index contributed by atoms with van der Waals surface area (Å²) in [5.74, 6) is 0.612. The van der Waals surface area contributed by atoms with E-state index in [0.29, 0.717) is 5.88 Å². The van der Waals surface area contributed by atoms with Crippen molar-refractivity contribution in [3.8, 4) is 0 Å². The van der Waals surface area contributed by atoms with E-state index in [-0.39, 0.29) is 75.4 Å². The Bertz CT molecular complexity index is 343. The number of hydrogen-bond acceptors (Lipinski definition) is 0. The monoisotopic (exact) mass is 570 g/mol. The van der Waals surface area contributed by atoms with Gasteiger partial charge in [0.25, 0.3) is 0 Å². The number of rotatable bonds is 2. The summed E-state index contributed by atoms with van der Waals surface area (Å²) in [6.07, 6.45) is 0. The second kappa shape index (κ2) is 27.7. The van der Waals surface area contributed by atoms with Crippen LogP contribution in [0.1, 0.15) is 38.8 Å². The minimum absolute atomic E-state index is 0. The summed E-state index contributed by atoms with van der Waals surface area (Å²) in [7, 11) is 0. The Morgan fingerprint density at radius 3 is 1.23 bits per heavy atom. The number of hydrogen-bond donors (Lipinski definition) is 0. The molecule has 0 amide bonds. The molecule has 0 unspecified atom stereocenters. The van der Waals surface area contributed by atoms with E-state index in [9.17, 15) is 0 Å². The molecule has 2 rings (SSSR count). The molecule has 4 heteroatoms. The molecule has 0 radical (unpaired) electrons. The predicted molar refractivity (Wildman–Crippen MR) is 103 cm³/mol. The van der Waals surface area contributed by atoms with E-state index < -0.39 is 0 Å². The maximum absolute atomic E-state index is 5.53. The molecule has 0 saturated carbocycles. The molecule has 0 bridgehead atoms. The second-order valence-electron chi connectivity index (χ2n) is 3.24. The number of benzene rings is 2. The van der Waals surface area contributed by atoms with Gasteiger partial charge < -0.3 is 24.0 Å². The summed E-state index contributed by atoms with van der Waals surface area (Å²) >= 11 is 7.88. The van der Waals surface area contributed by atoms with Gasteiger partial charge in [0.1, 0.15) is 0 Å². The topological polar surface area (TPSA) is 0 Å². The van der Waals surface area contributed by atoms with E-state index in [2.05, 4.69) is 46.9 Å². The molecule has 2 aromatic rings. The van der Waals surface area contributed by atoms with E-state index in [1.807, 2.05) is 64.1 Å². The minimum Gasteiger partial charge on any atom is -1.00 e. The van der Waals surface area contributed by atoms with Crippen LogP contribution in [-0.4, -0.2) is 0 Å². The van der Waals surface area contributed by atoms with Crippen LogP contribution < -0.4 is 75.4 Å². The summed E-state index contributed by atoms with van der Waals surface area (Å²) in [5, 5.41) is 0. The smallest absolute Gasteiger partial charge is 1.00 e. The maximum atomic E-state index is 5.53. The van der Waals surface area contributed by atoms with E-state index in [1.54, 1.807) is 0 Å². The van der Waals surface area contributed by atoms with Gasteiger partial charge in [0.2, 0.25) is 0 Å². The van der Waals surface area contributed by atoms with Gasteiger partial charge in [-0.05, 0) is 11.1 Å². The molecule has 0 aliphatic rings. The van der Waals surface area contributed by atoms with Gasteiger partial charge in [-0.1, -0.05) is 111 Å². The van der Waals surface area contributed by atoms with Crippen LogP contribution in [0.5, 0.6) is 0 Å². The van der Waals surface area contributed by atoms with Crippen molar-refractivity contribution in [2.45, 2.75) is 38.0 Å². The molecule has 22 heavy (non-hydrogen) atoms. The van der Waals surface area contributed by atoms with Crippen molar-refractivity contribution >= 4 is 34.2 Å². The van der Waals surface area contributed by atoms with Gasteiger partial charge in [0, 0.05) is 10.3 Å². The molecule has 0 aromatic heterocycles. The zero-order valence-electron chi connectivity index (χ0n) is 14.3. The fourth-order valence-electron chi connectivity index (χ4n) is 1.13. The molecule has 0 heterocycles. The van der Waals surface area contributed by atoms with Gasteiger partial charge in [-0.25, -0.2) is 0 Å². The van der Waals surface area contributed by atoms with Gasteiger partial charge >= 0.3 is 51.4 Å². The summed E-state index contributed by atoms with van der Waals surface area (Å²) in [6, 6.07) is 20.4. The third-order valence-electron chi connectivity index (χ3n) is 1.99. The van der Waals surface area contributed by atoms with Gasteiger partial charge in [0.05, 0.1) is 0 Å². The molecular weight excluding hydrogens is 545 g/mol. The number of halogens is 3. The van der Waals surface area contributed by atoms with Gasteiger partial charge in [0.15, 0.2) is 0 Å². The van der Waals surface area contributed by atoms with Crippen molar-refractivity contribution in [3.05, 3.63) is 71.8 Å². The van der Waals surface area contributed by atoms with E-state index in [4.69, 9.17) is 11.6 Å². The Morgan fingerprint density at radius 2 is 1.05 bits per heavy atom. The summed E-state index contributed by atoms with van der Waals surface area (Å²) in [5.41, 5.74) is 2.57. The van der Waals surface area contributed by atoms with Crippen LogP contribution in [0.2, 0.25) is 0 Å². The van der Waals surface area contributed by atoms with Crippen LogP contribution in [0.4, 0.5) is 0 Å². The van der Waals surface area contributed by atoms with E-state index in [1.165, 1.54) is 11.1 Å². The first-order chi connectivity index (χ1) is 9.86. The third kappa shape index (κ3) is 19.9. The number of alkyl halides is 2. The average Bonchev–Trinajstić information content (AvgIpc) is 2.60. The van der Waals surface area contributed by atoms with Crippen molar-refractivity contribution in [1.29, 1.82) is 0 Å². The minimum atomic E-state index is 0. The van der Waals surface area contributed by atoms with Crippen molar-refractivity contribution in [2.24, 2.45) is 0 Å². The average molecular weight is 571 g/mol. The standard InChI is InChI=1S/C7H7Cl.C7H7I.2C2H6.HI.K/c2*8-6-7-4-2-1-3-5-7;2*1-2;;/h2*1-5H,6H2;2*1-2H3;1H;/q;;;;;+1/p-1. The Hall–Kier alpha value is 1.83. The zero-order valence-corrected chi connectivity index (χ0v) is 22.5. The van der Waals surface area contributed by atoms with Crippen molar-refractivity contribution in [2.75, 3.05) is 0 Å². The molecule has 120 valence electrons. The first-order valence-electron chi connectivity index (χ1n) is 7.06. The van der Waals surface area contributed by atoms with Crippen LogP contribution in [-0.2, 0) is 10.3 Å². The predicted octanol–water partition coefficient (Wildman–Crippen LogP) is 1.11. The van der Waals surface area contributed by atoms with Gasteiger partial charge in [-0.3, -0.25) is 0 Å². The van der Waals surface area contributed by atoms with E-state index >= 15 is 0 Å². The molecule has 0 aliphatic carbocycles.